The highest BCUT2D eigenvalue weighted by atomic mass is 35.5. The molecule has 4 rings (SSSR count). The second-order valence-electron chi connectivity index (χ2n) is 6.46. The SMILES string of the molecule is OC1(Cn2cnc3ccc(-c4cccc(C(F)(F)F)c4Cl)cc32)COC1. The predicted octanol–water partition coefficient (Wildman–Crippen LogP) is 4.14. The van der Waals surface area contributed by atoms with Crippen molar-refractivity contribution in [1.29, 1.82) is 0 Å². The van der Waals surface area contributed by atoms with Crippen LogP contribution in [0.4, 0.5) is 13.2 Å². The number of benzene rings is 2. The Morgan fingerprint density at radius 1 is 1.23 bits per heavy atom. The summed E-state index contributed by atoms with van der Waals surface area (Å²) in [6.07, 6.45) is -2.93. The zero-order valence-corrected chi connectivity index (χ0v) is 14.2. The second-order valence-corrected chi connectivity index (χ2v) is 6.84. The van der Waals surface area contributed by atoms with Gasteiger partial charge in [0.2, 0.25) is 0 Å². The minimum atomic E-state index is -4.52. The van der Waals surface area contributed by atoms with Crippen molar-refractivity contribution >= 4 is 22.6 Å². The summed E-state index contributed by atoms with van der Waals surface area (Å²) >= 11 is 6.03. The number of rotatable bonds is 3. The van der Waals surface area contributed by atoms with E-state index in [-0.39, 0.29) is 18.2 Å². The van der Waals surface area contributed by atoms with Crippen LogP contribution in [-0.2, 0) is 17.5 Å². The van der Waals surface area contributed by atoms with E-state index >= 15 is 0 Å². The number of alkyl halides is 3. The first-order chi connectivity index (χ1) is 12.3. The van der Waals surface area contributed by atoms with Gasteiger partial charge in [-0.3, -0.25) is 0 Å². The van der Waals surface area contributed by atoms with Crippen LogP contribution in [0, 0.1) is 0 Å². The normalized spacial score (nSPS) is 16.7. The Kier molecular flexibility index (Phi) is 3.98. The van der Waals surface area contributed by atoms with Crippen LogP contribution < -0.4 is 0 Å². The zero-order chi connectivity index (χ0) is 18.5. The van der Waals surface area contributed by atoms with Crippen LogP contribution in [0.25, 0.3) is 22.2 Å². The Labute approximate surface area is 151 Å². The standard InChI is InChI=1S/C18H14ClF3N2O2/c19-16-12(2-1-3-13(16)18(20,21)22)11-4-5-14-15(6-11)24(10-23-14)7-17(25)8-26-9-17/h1-6,10,25H,7-9H2. The summed E-state index contributed by atoms with van der Waals surface area (Å²) in [7, 11) is 0. The summed E-state index contributed by atoms with van der Waals surface area (Å²) < 4.78 is 46.1. The first kappa shape index (κ1) is 17.3. The molecule has 3 aromatic rings. The molecule has 0 radical (unpaired) electrons. The van der Waals surface area contributed by atoms with Crippen molar-refractivity contribution in [2.24, 2.45) is 0 Å². The third-order valence-corrected chi connectivity index (χ3v) is 4.85. The molecule has 8 heteroatoms. The Morgan fingerprint density at radius 3 is 2.65 bits per heavy atom. The highest BCUT2D eigenvalue weighted by molar-refractivity contribution is 6.34. The van der Waals surface area contributed by atoms with Crippen LogP contribution in [-0.4, -0.2) is 33.5 Å². The summed E-state index contributed by atoms with van der Waals surface area (Å²) in [5.74, 6) is 0. The van der Waals surface area contributed by atoms with Gasteiger partial charge in [0.15, 0.2) is 0 Å². The first-order valence-electron chi connectivity index (χ1n) is 7.88. The lowest BCUT2D eigenvalue weighted by Gasteiger charge is -2.36. The Bertz CT molecular complexity index is 980. The molecule has 1 saturated heterocycles. The fraction of sp³-hybridized carbons (Fsp3) is 0.278. The first-order valence-corrected chi connectivity index (χ1v) is 8.26. The maximum Gasteiger partial charge on any atom is 0.417 e. The minimum absolute atomic E-state index is 0.242. The van der Waals surface area contributed by atoms with Gasteiger partial charge in [-0.05, 0) is 23.8 Å². The molecular formula is C18H14ClF3N2O2. The number of ether oxygens (including phenoxy) is 1. The van der Waals surface area contributed by atoms with Crippen LogP contribution in [0.15, 0.2) is 42.7 Å². The van der Waals surface area contributed by atoms with Crippen LogP contribution in [0.3, 0.4) is 0 Å². The molecule has 0 bridgehead atoms. The molecule has 1 aliphatic heterocycles. The lowest BCUT2D eigenvalue weighted by atomic mass is 10.0. The number of imidazole rings is 1. The summed E-state index contributed by atoms with van der Waals surface area (Å²) in [5.41, 5.74) is 0.412. The maximum absolute atomic E-state index is 13.1. The highest BCUT2D eigenvalue weighted by Gasteiger charge is 2.37. The van der Waals surface area contributed by atoms with Gasteiger partial charge in [0.05, 0.1) is 47.7 Å². The number of aromatic nitrogens is 2. The third-order valence-electron chi connectivity index (χ3n) is 4.44. The molecule has 0 saturated carbocycles. The average Bonchev–Trinajstić information content (AvgIpc) is 2.94. The van der Waals surface area contributed by atoms with Crippen LogP contribution in [0.5, 0.6) is 0 Å². The molecule has 1 aliphatic rings. The molecule has 1 N–H and O–H groups in total. The van der Waals surface area contributed by atoms with Crippen molar-refractivity contribution in [3.63, 3.8) is 0 Å². The Balaban J connectivity index is 1.78. The van der Waals surface area contributed by atoms with Crippen molar-refractivity contribution in [2.45, 2.75) is 18.3 Å². The molecule has 1 fully saturated rings. The van der Waals surface area contributed by atoms with Gasteiger partial charge in [0, 0.05) is 5.56 Å². The number of aliphatic hydroxyl groups is 1. The average molecular weight is 383 g/mol. The Morgan fingerprint density at radius 2 is 2.00 bits per heavy atom. The molecule has 0 amide bonds. The number of fused-ring (bicyclic) bond motifs is 1. The molecule has 1 aromatic heterocycles. The van der Waals surface area contributed by atoms with E-state index in [4.69, 9.17) is 16.3 Å². The van der Waals surface area contributed by atoms with Crippen LogP contribution >= 0.6 is 11.6 Å². The largest absolute Gasteiger partial charge is 0.417 e. The highest BCUT2D eigenvalue weighted by Crippen LogP contribution is 2.40. The fourth-order valence-electron chi connectivity index (χ4n) is 3.07. The van der Waals surface area contributed by atoms with E-state index in [1.54, 1.807) is 35.2 Å². The molecule has 0 unspecified atom stereocenters. The minimum Gasteiger partial charge on any atom is -0.383 e. The third kappa shape index (κ3) is 2.96. The number of hydrogen-bond acceptors (Lipinski definition) is 3. The zero-order valence-electron chi connectivity index (χ0n) is 13.4. The van der Waals surface area contributed by atoms with E-state index in [2.05, 4.69) is 4.98 Å². The van der Waals surface area contributed by atoms with E-state index in [1.807, 2.05) is 0 Å². The number of hydrogen-bond donors (Lipinski definition) is 1. The van der Waals surface area contributed by atoms with Crippen molar-refractivity contribution in [2.75, 3.05) is 13.2 Å². The molecule has 26 heavy (non-hydrogen) atoms. The topological polar surface area (TPSA) is 47.3 Å². The van der Waals surface area contributed by atoms with Gasteiger partial charge in [-0.2, -0.15) is 13.2 Å². The van der Waals surface area contributed by atoms with E-state index < -0.39 is 17.3 Å². The molecule has 2 aromatic carbocycles. The molecule has 136 valence electrons. The van der Waals surface area contributed by atoms with E-state index in [0.29, 0.717) is 28.7 Å². The Hall–Kier alpha value is -2.09. The molecular weight excluding hydrogens is 369 g/mol. The number of halogens is 4. The quantitative estimate of drug-likeness (QED) is 0.740. The van der Waals surface area contributed by atoms with Crippen molar-refractivity contribution in [1.82, 2.24) is 9.55 Å². The van der Waals surface area contributed by atoms with Crippen molar-refractivity contribution in [3.05, 3.63) is 53.3 Å². The van der Waals surface area contributed by atoms with E-state index in [0.717, 1.165) is 6.07 Å². The van der Waals surface area contributed by atoms with Gasteiger partial charge >= 0.3 is 6.18 Å². The van der Waals surface area contributed by atoms with Gasteiger partial charge < -0.3 is 14.4 Å². The van der Waals surface area contributed by atoms with Gasteiger partial charge in [-0.25, -0.2) is 4.98 Å². The maximum atomic E-state index is 13.1. The van der Waals surface area contributed by atoms with Gasteiger partial charge in [0.1, 0.15) is 5.60 Å². The molecule has 0 spiro atoms. The van der Waals surface area contributed by atoms with Gasteiger partial charge in [-0.15, -0.1) is 0 Å². The summed E-state index contributed by atoms with van der Waals surface area (Å²) in [6, 6.07) is 8.97. The molecule has 4 nitrogen and oxygen atoms in total. The van der Waals surface area contributed by atoms with E-state index in [1.165, 1.54) is 6.07 Å². The second kappa shape index (κ2) is 5.97. The lowest BCUT2D eigenvalue weighted by Crippen LogP contribution is -2.52. The van der Waals surface area contributed by atoms with Crippen LogP contribution in [0.2, 0.25) is 5.02 Å². The predicted molar refractivity (Wildman–Crippen MR) is 90.9 cm³/mol. The lowest BCUT2D eigenvalue weighted by molar-refractivity contribution is -0.184. The smallest absolute Gasteiger partial charge is 0.383 e. The summed E-state index contributed by atoms with van der Waals surface area (Å²) in [6.45, 7) is 0.779. The molecule has 2 heterocycles. The van der Waals surface area contributed by atoms with E-state index in [9.17, 15) is 18.3 Å². The summed E-state index contributed by atoms with van der Waals surface area (Å²) in [4.78, 5) is 4.27. The molecule has 0 atom stereocenters. The monoisotopic (exact) mass is 382 g/mol. The fourth-order valence-corrected chi connectivity index (χ4v) is 3.41. The van der Waals surface area contributed by atoms with Gasteiger partial charge in [0.25, 0.3) is 0 Å². The van der Waals surface area contributed by atoms with Crippen molar-refractivity contribution < 1.29 is 23.0 Å². The van der Waals surface area contributed by atoms with Crippen molar-refractivity contribution in [3.8, 4) is 11.1 Å². The van der Waals surface area contributed by atoms with Crippen LogP contribution in [0.1, 0.15) is 5.56 Å². The summed E-state index contributed by atoms with van der Waals surface area (Å²) in [5, 5.41) is 9.94. The van der Waals surface area contributed by atoms with Gasteiger partial charge in [-0.1, -0.05) is 29.8 Å². The molecule has 0 aliphatic carbocycles. The number of nitrogens with zero attached hydrogens (tertiary/aromatic N) is 2.